The van der Waals surface area contributed by atoms with E-state index < -0.39 is 0 Å². The quantitative estimate of drug-likeness (QED) is 0.642. The molecule has 2 heterocycles. The van der Waals surface area contributed by atoms with Gasteiger partial charge >= 0.3 is 0 Å². The molecule has 0 atom stereocenters. The highest BCUT2D eigenvalue weighted by molar-refractivity contribution is 6.30. The number of piperazine rings is 1. The number of guanidine groups is 1. The molecule has 0 bridgehead atoms. The SMILES string of the molecule is CN=C(NCc1nc(C)c(C)o1)N1CCN(Cc2ccc(Cl)cc2)C(=O)C1. The van der Waals surface area contributed by atoms with Crippen molar-refractivity contribution in [1.82, 2.24) is 20.1 Å². The van der Waals surface area contributed by atoms with Gasteiger partial charge in [0.25, 0.3) is 0 Å². The van der Waals surface area contributed by atoms with Crippen molar-refractivity contribution in [3.63, 3.8) is 0 Å². The number of carbonyl (C=O) groups excluding carboxylic acids is 1. The van der Waals surface area contributed by atoms with Gasteiger partial charge in [-0.1, -0.05) is 23.7 Å². The van der Waals surface area contributed by atoms with Crippen LogP contribution in [0.25, 0.3) is 0 Å². The van der Waals surface area contributed by atoms with Crippen LogP contribution in [-0.4, -0.2) is 53.3 Å². The third-order valence-corrected chi connectivity index (χ3v) is 4.84. The third-order valence-electron chi connectivity index (χ3n) is 4.59. The van der Waals surface area contributed by atoms with Crippen LogP contribution in [0.4, 0.5) is 0 Å². The van der Waals surface area contributed by atoms with Gasteiger partial charge in [-0.2, -0.15) is 0 Å². The number of rotatable bonds is 4. The molecule has 1 amide bonds. The summed E-state index contributed by atoms with van der Waals surface area (Å²) in [5.74, 6) is 2.16. The summed E-state index contributed by atoms with van der Waals surface area (Å²) in [6.07, 6.45) is 0. The number of hydrogen-bond donors (Lipinski definition) is 1. The first kappa shape index (κ1) is 19.2. The Morgan fingerprint density at radius 3 is 2.63 bits per heavy atom. The Labute approximate surface area is 164 Å². The first-order chi connectivity index (χ1) is 13.0. The van der Waals surface area contributed by atoms with Crippen molar-refractivity contribution in [3.05, 3.63) is 52.2 Å². The number of halogens is 1. The Morgan fingerprint density at radius 2 is 2.04 bits per heavy atom. The number of nitrogens with one attached hydrogen (secondary N) is 1. The molecule has 27 heavy (non-hydrogen) atoms. The Bertz CT molecular complexity index is 812. The second-order valence-electron chi connectivity index (χ2n) is 6.51. The molecular formula is C19H24ClN5O2. The molecule has 1 aromatic heterocycles. The molecule has 0 radical (unpaired) electrons. The minimum atomic E-state index is 0.0713. The standard InChI is InChI=1S/C19H24ClN5O2/c1-13-14(2)27-17(23-13)10-22-19(21-3)25-9-8-24(18(26)12-25)11-15-4-6-16(20)7-5-15/h4-7H,8-12H2,1-3H3,(H,21,22). The number of aliphatic imine (C=N–C) groups is 1. The van der Waals surface area contributed by atoms with E-state index in [0.717, 1.165) is 17.0 Å². The van der Waals surface area contributed by atoms with E-state index in [0.29, 0.717) is 43.1 Å². The Balaban J connectivity index is 1.55. The lowest BCUT2D eigenvalue weighted by atomic mass is 10.2. The Hall–Kier alpha value is -2.54. The van der Waals surface area contributed by atoms with Gasteiger partial charge in [-0.05, 0) is 31.5 Å². The van der Waals surface area contributed by atoms with Crippen molar-refractivity contribution in [2.24, 2.45) is 4.99 Å². The molecule has 0 spiro atoms. The first-order valence-electron chi connectivity index (χ1n) is 8.87. The average Bonchev–Trinajstić information content (AvgIpc) is 2.97. The molecule has 7 nitrogen and oxygen atoms in total. The fourth-order valence-corrected chi connectivity index (χ4v) is 3.09. The van der Waals surface area contributed by atoms with E-state index in [1.165, 1.54) is 0 Å². The van der Waals surface area contributed by atoms with E-state index in [1.807, 2.05) is 47.9 Å². The maximum atomic E-state index is 12.6. The van der Waals surface area contributed by atoms with Gasteiger partial charge in [0, 0.05) is 31.7 Å². The van der Waals surface area contributed by atoms with Gasteiger partial charge in [-0.25, -0.2) is 4.98 Å². The van der Waals surface area contributed by atoms with Gasteiger partial charge in [0.05, 0.1) is 18.8 Å². The second-order valence-corrected chi connectivity index (χ2v) is 6.95. The summed E-state index contributed by atoms with van der Waals surface area (Å²) in [6, 6.07) is 7.58. The zero-order valence-electron chi connectivity index (χ0n) is 15.8. The van der Waals surface area contributed by atoms with Crippen LogP contribution in [0.1, 0.15) is 22.9 Å². The monoisotopic (exact) mass is 389 g/mol. The highest BCUT2D eigenvalue weighted by Crippen LogP contribution is 2.14. The molecule has 3 rings (SSSR count). The van der Waals surface area contributed by atoms with Crippen molar-refractivity contribution in [1.29, 1.82) is 0 Å². The predicted molar refractivity (Wildman–Crippen MR) is 105 cm³/mol. The molecule has 0 aliphatic carbocycles. The predicted octanol–water partition coefficient (Wildman–Crippen LogP) is 2.36. The van der Waals surface area contributed by atoms with E-state index >= 15 is 0 Å². The summed E-state index contributed by atoms with van der Waals surface area (Å²) in [5.41, 5.74) is 1.95. The summed E-state index contributed by atoms with van der Waals surface area (Å²) >= 11 is 5.92. The molecule has 2 aromatic rings. The molecule has 1 fully saturated rings. The summed E-state index contributed by atoms with van der Waals surface area (Å²) in [4.78, 5) is 25.0. The van der Waals surface area contributed by atoms with Gasteiger partial charge in [0.2, 0.25) is 11.8 Å². The number of nitrogens with zero attached hydrogens (tertiary/aromatic N) is 4. The second kappa shape index (κ2) is 8.43. The van der Waals surface area contributed by atoms with Crippen molar-refractivity contribution in [2.45, 2.75) is 26.9 Å². The highest BCUT2D eigenvalue weighted by atomic mass is 35.5. The fraction of sp³-hybridized carbons (Fsp3) is 0.421. The summed E-state index contributed by atoms with van der Waals surface area (Å²) in [6.45, 7) is 6.46. The van der Waals surface area contributed by atoms with Crippen LogP contribution >= 0.6 is 11.6 Å². The zero-order chi connectivity index (χ0) is 19.4. The normalized spacial score (nSPS) is 15.4. The molecule has 1 saturated heterocycles. The topological polar surface area (TPSA) is 74.0 Å². The van der Waals surface area contributed by atoms with E-state index in [9.17, 15) is 4.79 Å². The largest absolute Gasteiger partial charge is 0.444 e. The fourth-order valence-electron chi connectivity index (χ4n) is 2.97. The van der Waals surface area contributed by atoms with Crippen molar-refractivity contribution in [2.75, 3.05) is 26.7 Å². The van der Waals surface area contributed by atoms with Crippen LogP contribution in [0.3, 0.4) is 0 Å². The lowest BCUT2D eigenvalue weighted by Gasteiger charge is -2.36. The summed E-state index contributed by atoms with van der Waals surface area (Å²) in [5, 5.41) is 3.92. The highest BCUT2D eigenvalue weighted by Gasteiger charge is 2.26. The minimum absolute atomic E-state index is 0.0713. The van der Waals surface area contributed by atoms with E-state index in [4.69, 9.17) is 16.0 Å². The van der Waals surface area contributed by atoms with Gasteiger partial charge < -0.3 is 19.5 Å². The van der Waals surface area contributed by atoms with Crippen molar-refractivity contribution in [3.8, 4) is 0 Å². The molecule has 1 aliphatic heterocycles. The van der Waals surface area contributed by atoms with Crippen LogP contribution in [0, 0.1) is 13.8 Å². The Kier molecular flexibility index (Phi) is 6.01. The van der Waals surface area contributed by atoms with Crippen LogP contribution in [0.5, 0.6) is 0 Å². The number of aromatic nitrogens is 1. The zero-order valence-corrected chi connectivity index (χ0v) is 16.6. The number of amides is 1. The number of aryl methyl sites for hydroxylation is 2. The van der Waals surface area contributed by atoms with Crippen LogP contribution in [-0.2, 0) is 17.9 Å². The smallest absolute Gasteiger partial charge is 0.242 e. The van der Waals surface area contributed by atoms with Crippen LogP contribution in [0.15, 0.2) is 33.7 Å². The average molecular weight is 390 g/mol. The number of benzene rings is 1. The van der Waals surface area contributed by atoms with Gasteiger partial charge in [-0.3, -0.25) is 9.79 Å². The van der Waals surface area contributed by atoms with E-state index in [-0.39, 0.29) is 12.5 Å². The van der Waals surface area contributed by atoms with E-state index in [2.05, 4.69) is 15.3 Å². The molecule has 0 unspecified atom stereocenters. The molecular weight excluding hydrogens is 366 g/mol. The first-order valence-corrected chi connectivity index (χ1v) is 9.25. The van der Waals surface area contributed by atoms with Gasteiger partial charge in [0.15, 0.2) is 5.96 Å². The molecule has 1 N–H and O–H groups in total. The molecule has 144 valence electrons. The molecule has 0 saturated carbocycles. The van der Waals surface area contributed by atoms with Gasteiger partial charge in [-0.15, -0.1) is 0 Å². The maximum Gasteiger partial charge on any atom is 0.242 e. The minimum Gasteiger partial charge on any atom is -0.444 e. The van der Waals surface area contributed by atoms with Crippen LogP contribution < -0.4 is 5.32 Å². The van der Waals surface area contributed by atoms with Crippen LogP contribution in [0.2, 0.25) is 5.02 Å². The van der Waals surface area contributed by atoms with Crippen molar-refractivity contribution < 1.29 is 9.21 Å². The van der Waals surface area contributed by atoms with E-state index in [1.54, 1.807) is 7.05 Å². The Morgan fingerprint density at radius 1 is 1.30 bits per heavy atom. The van der Waals surface area contributed by atoms with Gasteiger partial charge in [0.1, 0.15) is 5.76 Å². The lowest BCUT2D eigenvalue weighted by Crippen LogP contribution is -2.54. The summed E-state index contributed by atoms with van der Waals surface area (Å²) < 4.78 is 5.58. The number of hydrogen-bond acceptors (Lipinski definition) is 4. The number of carbonyl (C=O) groups is 1. The number of oxazole rings is 1. The van der Waals surface area contributed by atoms with Crippen molar-refractivity contribution >= 4 is 23.5 Å². The summed E-state index contributed by atoms with van der Waals surface area (Å²) in [7, 11) is 1.71. The molecule has 8 heteroatoms. The molecule has 1 aromatic carbocycles. The lowest BCUT2D eigenvalue weighted by molar-refractivity contribution is -0.135. The molecule has 1 aliphatic rings. The third kappa shape index (κ3) is 4.80. The maximum absolute atomic E-state index is 12.6.